The van der Waals surface area contributed by atoms with Crippen molar-refractivity contribution in [3.05, 3.63) is 52.3 Å². The Bertz CT molecular complexity index is 1290. The Balaban J connectivity index is 0.000000677. The van der Waals surface area contributed by atoms with Crippen molar-refractivity contribution in [1.82, 2.24) is 19.5 Å². The van der Waals surface area contributed by atoms with Crippen LogP contribution in [-0.2, 0) is 9.53 Å². The van der Waals surface area contributed by atoms with Crippen LogP contribution in [0, 0.1) is 6.92 Å². The van der Waals surface area contributed by atoms with Crippen molar-refractivity contribution in [3.8, 4) is 0 Å². The first-order valence-corrected chi connectivity index (χ1v) is 15.2. The van der Waals surface area contributed by atoms with E-state index in [9.17, 15) is 4.79 Å². The molecule has 2 saturated heterocycles. The van der Waals surface area contributed by atoms with E-state index in [4.69, 9.17) is 32.2 Å². The van der Waals surface area contributed by atoms with Crippen molar-refractivity contribution in [1.29, 1.82) is 0 Å². The summed E-state index contributed by atoms with van der Waals surface area (Å²) >= 11 is 7.71. The standard InChI is InChI=1S/C24H30ClN7OS.C2H4O2.C2H6/c1-15-13-32-22(27-23(15)30-10-8-17(26)14-30)12-20(28-32)21-5-3-4-9-31(21)24(33)18-11-16(25)6-7-19(18)29-34-2;1-4-2-3;1-2/h6-7,11-13,17,21,29H,3-5,8-10,14,26H2,1-2H3;2H,1H3;1-2H3. The number of nitrogens with zero attached hydrogens (tertiary/aromatic N) is 5. The number of aryl methyl sites for hydroxylation is 1. The Hall–Kier alpha value is -3.02. The minimum atomic E-state index is -0.104. The molecule has 10 nitrogen and oxygen atoms in total. The second kappa shape index (κ2) is 15.1. The summed E-state index contributed by atoms with van der Waals surface area (Å²) in [4.78, 5) is 31.8. The van der Waals surface area contributed by atoms with Crippen LogP contribution < -0.4 is 15.4 Å². The van der Waals surface area contributed by atoms with Crippen LogP contribution in [0.1, 0.15) is 67.2 Å². The number of likely N-dealkylation sites (tertiary alicyclic amines) is 1. The molecular weight excluding hydrogens is 550 g/mol. The van der Waals surface area contributed by atoms with Crippen molar-refractivity contribution in [2.45, 2.75) is 58.5 Å². The van der Waals surface area contributed by atoms with E-state index in [1.54, 1.807) is 12.1 Å². The van der Waals surface area contributed by atoms with E-state index in [0.717, 1.165) is 67.2 Å². The fourth-order valence-corrected chi connectivity index (χ4v) is 5.58. The number of hydrogen-bond donors (Lipinski definition) is 2. The van der Waals surface area contributed by atoms with Crippen LogP contribution in [0.25, 0.3) is 5.65 Å². The highest BCUT2D eigenvalue weighted by molar-refractivity contribution is 7.99. The van der Waals surface area contributed by atoms with Crippen LogP contribution >= 0.6 is 23.5 Å². The fourth-order valence-electron chi connectivity index (χ4n) is 5.01. The monoisotopic (exact) mass is 589 g/mol. The molecule has 4 heterocycles. The van der Waals surface area contributed by atoms with E-state index >= 15 is 0 Å². The molecule has 40 heavy (non-hydrogen) atoms. The van der Waals surface area contributed by atoms with Gasteiger partial charge in [0, 0.05) is 54.8 Å². The molecule has 1 amide bonds. The third-order valence-corrected chi connectivity index (χ3v) is 7.43. The van der Waals surface area contributed by atoms with Crippen LogP contribution in [0.15, 0.2) is 30.5 Å². The zero-order valence-corrected chi connectivity index (χ0v) is 25.5. The lowest BCUT2D eigenvalue weighted by Gasteiger charge is -2.35. The molecule has 2 fully saturated rings. The molecule has 0 saturated carbocycles. The Morgan fingerprint density at radius 2 is 1.98 bits per heavy atom. The summed E-state index contributed by atoms with van der Waals surface area (Å²) in [5.74, 6) is 0.937. The van der Waals surface area contributed by atoms with Gasteiger partial charge in [0.15, 0.2) is 5.65 Å². The molecule has 12 heteroatoms. The molecule has 2 atom stereocenters. The van der Waals surface area contributed by atoms with Gasteiger partial charge in [0.05, 0.1) is 30.1 Å². The molecule has 2 aliphatic rings. The minimum absolute atomic E-state index is 0.0308. The van der Waals surface area contributed by atoms with Crippen LogP contribution in [0.5, 0.6) is 0 Å². The predicted octanol–water partition coefficient (Wildman–Crippen LogP) is 5.10. The molecule has 0 radical (unpaired) electrons. The zero-order valence-electron chi connectivity index (χ0n) is 23.9. The number of nitrogens with two attached hydrogens (primary N) is 1. The number of piperidine rings is 1. The van der Waals surface area contributed by atoms with Crippen molar-refractivity contribution >= 4 is 53.1 Å². The molecule has 1 aromatic carbocycles. The van der Waals surface area contributed by atoms with Crippen LogP contribution in [0.3, 0.4) is 0 Å². The Morgan fingerprint density at radius 1 is 1.23 bits per heavy atom. The molecular formula is C28H40ClN7O3S. The first-order valence-electron chi connectivity index (χ1n) is 13.6. The van der Waals surface area contributed by atoms with Gasteiger partial charge in [0.2, 0.25) is 0 Å². The molecule has 5 rings (SSSR count). The highest BCUT2D eigenvalue weighted by atomic mass is 35.5. The van der Waals surface area contributed by atoms with Gasteiger partial charge in [-0.3, -0.25) is 9.59 Å². The predicted molar refractivity (Wildman–Crippen MR) is 163 cm³/mol. The topological polar surface area (TPSA) is 118 Å². The number of ether oxygens (including phenoxy) is 1. The van der Waals surface area contributed by atoms with Gasteiger partial charge in [-0.2, -0.15) is 5.10 Å². The number of hydrogen-bond acceptors (Lipinski definition) is 9. The lowest BCUT2D eigenvalue weighted by atomic mass is 9.98. The van der Waals surface area contributed by atoms with Gasteiger partial charge in [0.25, 0.3) is 12.4 Å². The third kappa shape index (κ3) is 7.38. The summed E-state index contributed by atoms with van der Waals surface area (Å²) in [7, 11) is 1.31. The van der Waals surface area contributed by atoms with Gasteiger partial charge < -0.3 is 25.0 Å². The van der Waals surface area contributed by atoms with E-state index < -0.39 is 0 Å². The number of aromatic nitrogens is 3. The molecule has 2 aromatic heterocycles. The number of halogens is 1. The van der Waals surface area contributed by atoms with Crippen molar-refractivity contribution < 1.29 is 14.3 Å². The number of anilines is 2. The van der Waals surface area contributed by atoms with E-state index in [-0.39, 0.29) is 18.0 Å². The van der Waals surface area contributed by atoms with Gasteiger partial charge >= 0.3 is 0 Å². The average Bonchev–Trinajstić information content (AvgIpc) is 3.60. The van der Waals surface area contributed by atoms with Gasteiger partial charge in [-0.25, -0.2) is 9.50 Å². The smallest absolute Gasteiger partial charge is 0.292 e. The summed E-state index contributed by atoms with van der Waals surface area (Å²) in [5, 5.41) is 5.40. The van der Waals surface area contributed by atoms with Gasteiger partial charge in [-0.1, -0.05) is 37.4 Å². The highest BCUT2D eigenvalue weighted by Gasteiger charge is 2.32. The summed E-state index contributed by atoms with van der Waals surface area (Å²) in [6, 6.07) is 7.51. The van der Waals surface area contributed by atoms with Crippen LogP contribution in [0.4, 0.5) is 11.5 Å². The third-order valence-electron chi connectivity index (χ3n) is 6.77. The van der Waals surface area contributed by atoms with E-state index in [2.05, 4.69) is 21.3 Å². The number of carbonyl (C=O) groups is 2. The number of nitrogens with one attached hydrogen (secondary N) is 1. The molecule has 218 valence electrons. The summed E-state index contributed by atoms with van der Waals surface area (Å²) < 4.78 is 8.90. The molecule has 2 unspecified atom stereocenters. The zero-order chi connectivity index (χ0) is 29.2. The maximum Gasteiger partial charge on any atom is 0.292 e. The van der Waals surface area contributed by atoms with Gasteiger partial charge in [0.1, 0.15) is 5.82 Å². The number of fused-ring (bicyclic) bond motifs is 1. The van der Waals surface area contributed by atoms with E-state index in [1.165, 1.54) is 19.1 Å². The first kappa shape index (κ1) is 31.5. The molecule has 0 bridgehead atoms. The quantitative estimate of drug-likeness (QED) is 0.299. The lowest BCUT2D eigenvalue weighted by Crippen LogP contribution is -2.39. The summed E-state index contributed by atoms with van der Waals surface area (Å²) in [6.07, 6.45) is 7.83. The number of rotatable bonds is 6. The first-order chi connectivity index (χ1) is 19.4. The van der Waals surface area contributed by atoms with Gasteiger partial charge in [-0.15, -0.1) is 0 Å². The average molecular weight is 590 g/mol. The molecule has 3 aromatic rings. The normalized spacial score (nSPS) is 18.4. The van der Waals surface area contributed by atoms with Crippen LogP contribution in [-0.4, -0.2) is 70.9 Å². The van der Waals surface area contributed by atoms with Gasteiger partial charge in [-0.05, 0) is 50.8 Å². The van der Waals surface area contributed by atoms with Crippen LogP contribution in [0.2, 0.25) is 5.02 Å². The summed E-state index contributed by atoms with van der Waals surface area (Å²) in [6.45, 7) is 8.86. The number of methoxy groups -OCH3 is 1. The van der Waals surface area contributed by atoms with Crippen molar-refractivity contribution in [3.63, 3.8) is 0 Å². The van der Waals surface area contributed by atoms with Crippen molar-refractivity contribution in [2.24, 2.45) is 5.73 Å². The molecule has 0 spiro atoms. The van der Waals surface area contributed by atoms with Crippen molar-refractivity contribution in [2.75, 3.05) is 42.6 Å². The Kier molecular flexibility index (Phi) is 11.9. The van der Waals surface area contributed by atoms with E-state index in [0.29, 0.717) is 23.6 Å². The summed E-state index contributed by atoms with van der Waals surface area (Å²) in [5.41, 5.74) is 10.2. The maximum absolute atomic E-state index is 13.7. The minimum Gasteiger partial charge on any atom is -0.471 e. The van der Waals surface area contributed by atoms with E-state index in [1.807, 2.05) is 47.8 Å². The fraction of sp³-hybridized carbons (Fsp3) is 0.500. The lowest BCUT2D eigenvalue weighted by molar-refractivity contribution is -0.126. The number of amides is 1. The highest BCUT2D eigenvalue weighted by Crippen LogP contribution is 2.34. The molecule has 0 aliphatic carbocycles. The SMILES string of the molecule is CC.COC=O.CSNc1ccc(Cl)cc1C(=O)N1CCCCC1c1cc2nc(N3CCC(N)C3)c(C)cn2n1. The number of benzene rings is 1. The molecule has 3 N–H and O–H groups in total. The second-order valence-corrected chi connectivity index (χ2v) is 10.5. The Morgan fingerprint density at radius 3 is 2.62 bits per heavy atom. The number of carbonyl (C=O) groups excluding carboxylic acids is 2. The largest absolute Gasteiger partial charge is 0.471 e. The Labute approximate surface area is 245 Å². The maximum atomic E-state index is 13.7. The second-order valence-electron chi connectivity index (χ2n) is 9.45. The molecule has 2 aliphatic heterocycles.